The van der Waals surface area contributed by atoms with Crippen LogP contribution in [0.2, 0.25) is 0 Å². The topological polar surface area (TPSA) is 13.1 Å². The smallest absolute Gasteiger partial charge is 0.141 e. The highest BCUT2D eigenvalue weighted by molar-refractivity contribution is 14.2. The second-order valence-electron chi connectivity index (χ2n) is 2.90. The van der Waals surface area contributed by atoms with Gasteiger partial charge in [-0.1, -0.05) is 38.9 Å². The van der Waals surface area contributed by atoms with Crippen LogP contribution in [-0.2, 0) is 0 Å². The van der Waals surface area contributed by atoms with Crippen molar-refractivity contribution in [2.45, 2.75) is 0 Å². The van der Waals surface area contributed by atoms with Crippen LogP contribution in [0.3, 0.4) is 0 Å². The molecule has 0 saturated carbocycles. The molecule has 1 aromatic carbocycles. The Morgan fingerprint density at radius 3 is 3.08 bits per heavy atom. The van der Waals surface area contributed by atoms with Crippen LogP contribution in [0.5, 0.6) is 0 Å². The molecule has 0 N–H and O–H groups in total. The Morgan fingerprint density at radius 1 is 1.15 bits per heavy atom. The first-order valence-electron chi connectivity index (χ1n) is 4.08. The highest BCUT2D eigenvalue weighted by Crippen LogP contribution is 2.29. The van der Waals surface area contributed by atoms with Crippen molar-refractivity contribution in [1.82, 2.24) is 0 Å². The summed E-state index contributed by atoms with van der Waals surface area (Å²) in [6.07, 6.45) is 2.19. The Hall–Kier alpha value is -0.900. The van der Waals surface area contributed by atoms with Gasteiger partial charge in [-0.2, -0.15) is 0 Å². The Balaban J connectivity index is 2.49. The van der Waals surface area contributed by atoms with Crippen molar-refractivity contribution in [2.75, 3.05) is 0 Å². The van der Waals surface area contributed by atoms with Crippen molar-refractivity contribution in [1.29, 1.82) is 0 Å². The van der Waals surface area contributed by atoms with Gasteiger partial charge in [0.2, 0.25) is 0 Å². The van der Waals surface area contributed by atoms with E-state index in [1.54, 1.807) is 0 Å². The summed E-state index contributed by atoms with van der Waals surface area (Å²) in [6, 6.07) is 8.19. The van der Waals surface area contributed by atoms with Gasteiger partial charge in [0.1, 0.15) is 11.3 Å². The summed E-state index contributed by atoms with van der Waals surface area (Å²) in [5.74, 6) is 1.07. The average Bonchev–Trinajstić information content (AvgIpc) is 2.56. The third kappa shape index (κ3) is 1.09. The molecule has 0 unspecified atom stereocenters. The van der Waals surface area contributed by atoms with Crippen LogP contribution in [-0.4, -0.2) is 4.01 Å². The molecule has 0 aliphatic carbocycles. The van der Waals surface area contributed by atoms with Crippen molar-refractivity contribution < 1.29 is 4.42 Å². The van der Waals surface area contributed by atoms with Gasteiger partial charge in [0.05, 0.1) is 0 Å². The summed E-state index contributed by atoms with van der Waals surface area (Å²) >= 11 is 0.0886. The summed E-state index contributed by atoms with van der Waals surface area (Å²) in [6.45, 7) is 0. The van der Waals surface area contributed by atoms with Crippen LogP contribution < -0.4 is 0 Å². The maximum absolute atomic E-state index is 5.71. The summed E-state index contributed by atoms with van der Waals surface area (Å²) in [4.78, 5) is 0. The van der Waals surface area contributed by atoms with E-state index in [-0.39, 0.29) is 20.7 Å². The lowest BCUT2D eigenvalue weighted by Gasteiger charge is -1.93. The van der Waals surface area contributed by atoms with E-state index in [2.05, 4.69) is 26.3 Å². The summed E-state index contributed by atoms with van der Waals surface area (Å²) in [5.41, 5.74) is 2.25. The molecule has 1 aliphatic rings. The molecule has 2 heterocycles. The molecule has 2 heteroatoms. The molecule has 13 heavy (non-hydrogen) atoms. The lowest BCUT2D eigenvalue weighted by atomic mass is 10.1. The Kier molecular flexibility index (Phi) is 1.62. The molecule has 0 saturated heterocycles. The lowest BCUT2D eigenvalue weighted by molar-refractivity contribution is 0.608. The fourth-order valence-corrected chi connectivity index (χ4v) is 3.09. The summed E-state index contributed by atoms with van der Waals surface area (Å²) in [7, 11) is 0. The van der Waals surface area contributed by atoms with Crippen molar-refractivity contribution >= 4 is 41.8 Å². The third-order valence-corrected chi connectivity index (χ3v) is 3.83. The molecule has 0 bridgehead atoms. The standard InChI is InChI=1S/C11H7IO/c1-2-4-10-8(3-1)9-5-6-12-7-11(9)13-10/h1-7H. The van der Waals surface area contributed by atoms with Gasteiger partial charge in [-0.25, -0.2) is 0 Å². The molecule has 1 aliphatic heterocycles. The zero-order chi connectivity index (χ0) is 8.67. The molecule has 0 atom stereocenters. The van der Waals surface area contributed by atoms with Crippen LogP contribution in [0.15, 0.2) is 32.8 Å². The quantitative estimate of drug-likeness (QED) is 0.674. The maximum atomic E-state index is 5.71. The largest absolute Gasteiger partial charge is 0.456 e. The number of fused-ring (bicyclic) bond motifs is 3. The number of hydrogen-bond donors (Lipinski definition) is 0. The SMILES string of the molecule is C1=Cc2c(oc3ccccc23)C=I1. The van der Waals surface area contributed by atoms with Gasteiger partial charge in [-0.3, -0.25) is 0 Å². The molecule has 0 spiro atoms. The molecule has 0 fully saturated rings. The average molecular weight is 282 g/mol. The number of rotatable bonds is 0. The third-order valence-electron chi connectivity index (χ3n) is 2.13. The van der Waals surface area contributed by atoms with Crippen molar-refractivity contribution in [3.63, 3.8) is 0 Å². The molecule has 0 amide bonds. The molecular weight excluding hydrogens is 275 g/mol. The van der Waals surface area contributed by atoms with E-state index in [1.807, 2.05) is 12.1 Å². The molecule has 1 nitrogen and oxygen atoms in total. The minimum atomic E-state index is 0.0886. The van der Waals surface area contributed by atoms with Gasteiger partial charge >= 0.3 is 0 Å². The van der Waals surface area contributed by atoms with E-state index in [1.165, 1.54) is 10.9 Å². The first-order chi connectivity index (χ1) is 6.45. The fourth-order valence-electron chi connectivity index (χ4n) is 1.53. The van der Waals surface area contributed by atoms with Gasteiger partial charge in [-0.15, -0.1) is 0 Å². The zero-order valence-electron chi connectivity index (χ0n) is 6.83. The lowest BCUT2D eigenvalue weighted by Crippen LogP contribution is -1.79. The first-order valence-corrected chi connectivity index (χ1v) is 6.57. The molecule has 1 aromatic heterocycles. The van der Waals surface area contributed by atoms with Gasteiger partial charge in [0.25, 0.3) is 0 Å². The second-order valence-corrected chi connectivity index (χ2v) is 4.97. The van der Waals surface area contributed by atoms with Gasteiger partial charge in [-0.05, 0) is 16.2 Å². The number of para-hydroxylation sites is 1. The van der Waals surface area contributed by atoms with Gasteiger partial charge in [0.15, 0.2) is 0 Å². The minimum Gasteiger partial charge on any atom is -0.456 e. The molecular formula is C11H7IO. The Labute approximate surface area is 85.8 Å². The van der Waals surface area contributed by atoms with E-state index in [4.69, 9.17) is 4.42 Å². The normalized spacial score (nSPS) is 14.2. The van der Waals surface area contributed by atoms with Crippen LogP contribution in [0.25, 0.3) is 17.0 Å². The second kappa shape index (κ2) is 2.80. The van der Waals surface area contributed by atoms with Crippen molar-refractivity contribution in [3.05, 3.63) is 39.7 Å². The van der Waals surface area contributed by atoms with E-state index in [9.17, 15) is 0 Å². The van der Waals surface area contributed by atoms with Crippen LogP contribution in [0, 0.1) is 0 Å². The molecule has 2 aromatic rings. The molecule has 0 radical (unpaired) electrons. The van der Waals surface area contributed by atoms with Crippen LogP contribution >= 0.6 is 20.7 Å². The molecule has 64 valence electrons. The number of furan rings is 1. The Bertz CT molecular complexity index is 520. The number of halogens is 1. The van der Waals surface area contributed by atoms with Crippen molar-refractivity contribution in [2.24, 2.45) is 0 Å². The van der Waals surface area contributed by atoms with Crippen molar-refractivity contribution in [3.8, 4) is 0 Å². The highest BCUT2D eigenvalue weighted by atomic mass is 127. The minimum absolute atomic E-state index is 0.0886. The fraction of sp³-hybridized carbons (Fsp3) is 0. The van der Waals surface area contributed by atoms with Gasteiger partial charge < -0.3 is 4.42 Å². The predicted molar refractivity (Wildman–Crippen MR) is 64.4 cm³/mol. The highest BCUT2D eigenvalue weighted by Gasteiger charge is 2.10. The Morgan fingerprint density at radius 2 is 2.08 bits per heavy atom. The van der Waals surface area contributed by atoms with E-state index in [0.717, 1.165) is 11.3 Å². The maximum Gasteiger partial charge on any atom is 0.141 e. The monoisotopic (exact) mass is 282 g/mol. The summed E-state index contributed by atoms with van der Waals surface area (Å²) in [5, 5.41) is 1.23. The van der Waals surface area contributed by atoms with Crippen LogP contribution in [0.1, 0.15) is 11.3 Å². The van der Waals surface area contributed by atoms with Gasteiger partial charge in [0, 0.05) is 15.0 Å². The number of hydrogen-bond acceptors (Lipinski definition) is 1. The zero-order valence-corrected chi connectivity index (χ0v) is 8.99. The van der Waals surface area contributed by atoms with E-state index >= 15 is 0 Å². The molecule has 3 rings (SSSR count). The summed E-state index contributed by atoms with van der Waals surface area (Å²) < 4.78 is 10.2. The number of benzene rings is 1. The first kappa shape index (κ1) is 7.50. The predicted octanol–water partition coefficient (Wildman–Crippen LogP) is 3.54. The van der Waals surface area contributed by atoms with E-state index < -0.39 is 0 Å². The van der Waals surface area contributed by atoms with E-state index in [0.29, 0.717) is 0 Å². The van der Waals surface area contributed by atoms with Crippen LogP contribution in [0.4, 0.5) is 0 Å².